The van der Waals surface area contributed by atoms with E-state index in [0.29, 0.717) is 27.2 Å². The number of carbonyl (C=O) groups excluding carboxylic acids is 2. The molecule has 0 aliphatic heterocycles. The van der Waals surface area contributed by atoms with Crippen molar-refractivity contribution in [2.45, 2.75) is 34.2 Å². The van der Waals surface area contributed by atoms with Crippen molar-refractivity contribution in [1.82, 2.24) is 14.5 Å². The lowest BCUT2D eigenvalue weighted by Gasteiger charge is -2.08. The molecule has 2 heterocycles. The summed E-state index contributed by atoms with van der Waals surface area (Å²) >= 11 is 1.12. The van der Waals surface area contributed by atoms with Crippen LogP contribution in [0.25, 0.3) is 0 Å². The lowest BCUT2D eigenvalue weighted by atomic mass is 10.3. The van der Waals surface area contributed by atoms with Gasteiger partial charge in [0, 0.05) is 18.7 Å². The number of aromatic nitrogens is 3. The fourth-order valence-corrected chi connectivity index (χ4v) is 2.91. The van der Waals surface area contributed by atoms with Gasteiger partial charge in [0.15, 0.2) is 10.9 Å². The smallest absolute Gasteiger partial charge is 0.254 e. The van der Waals surface area contributed by atoms with Gasteiger partial charge >= 0.3 is 0 Å². The summed E-state index contributed by atoms with van der Waals surface area (Å²) in [5, 5.41) is 2.95. The molecule has 116 valence electrons. The van der Waals surface area contributed by atoms with Crippen LogP contribution in [0.2, 0.25) is 0 Å². The van der Waals surface area contributed by atoms with Crippen LogP contribution in [-0.2, 0) is 11.3 Å². The minimum absolute atomic E-state index is 0.0923. The van der Waals surface area contributed by atoms with Gasteiger partial charge in [0.25, 0.3) is 5.56 Å². The van der Waals surface area contributed by atoms with E-state index < -0.39 is 0 Å². The highest BCUT2D eigenvalue weighted by Crippen LogP contribution is 2.22. The maximum Gasteiger partial charge on any atom is 0.254 e. The maximum atomic E-state index is 12.0. The number of rotatable bonds is 4. The molecule has 1 N–H and O–H groups in total. The Kier molecular flexibility index (Phi) is 4.51. The molecule has 1 amide bonds. The predicted molar refractivity (Wildman–Crippen MR) is 83.5 cm³/mol. The van der Waals surface area contributed by atoms with Gasteiger partial charge in [-0.2, -0.15) is 0 Å². The average Bonchev–Trinajstić information content (AvgIpc) is 2.74. The van der Waals surface area contributed by atoms with Crippen LogP contribution in [0.1, 0.15) is 33.8 Å². The lowest BCUT2D eigenvalue weighted by Crippen LogP contribution is -2.29. The lowest BCUT2D eigenvalue weighted by molar-refractivity contribution is -0.116. The summed E-state index contributed by atoms with van der Waals surface area (Å²) in [7, 11) is 0. The van der Waals surface area contributed by atoms with E-state index in [1.54, 1.807) is 20.8 Å². The van der Waals surface area contributed by atoms with Gasteiger partial charge in [0.2, 0.25) is 5.91 Å². The van der Waals surface area contributed by atoms with Crippen LogP contribution in [0.15, 0.2) is 10.9 Å². The zero-order valence-corrected chi connectivity index (χ0v) is 13.6. The highest BCUT2D eigenvalue weighted by Gasteiger charge is 2.14. The minimum atomic E-state index is -0.389. The number of ketones is 1. The second-order valence-corrected chi connectivity index (χ2v) is 5.91. The summed E-state index contributed by atoms with van der Waals surface area (Å²) in [4.78, 5) is 44.1. The van der Waals surface area contributed by atoms with Crippen LogP contribution in [-0.4, -0.2) is 26.2 Å². The molecule has 0 aliphatic carbocycles. The van der Waals surface area contributed by atoms with Crippen molar-refractivity contribution >= 4 is 28.2 Å². The Morgan fingerprint density at radius 1 is 1.27 bits per heavy atom. The van der Waals surface area contributed by atoms with Crippen LogP contribution in [0.5, 0.6) is 0 Å². The van der Waals surface area contributed by atoms with Crippen LogP contribution < -0.4 is 10.9 Å². The molecule has 0 bridgehead atoms. The highest BCUT2D eigenvalue weighted by molar-refractivity contribution is 7.17. The number of amides is 1. The third-order valence-electron chi connectivity index (χ3n) is 2.99. The summed E-state index contributed by atoms with van der Waals surface area (Å²) in [6.45, 7) is 6.41. The zero-order valence-electron chi connectivity index (χ0n) is 12.8. The number of nitrogens with zero attached hydrogens (tertiary/aromatic N) is 3. The van der Waals surface area contributed by atoms with Gasteiger partial charge in [0.05, 0.1) is 10.6 Å². The van der Waals surface area contributed by atoms with Crippen molar-refractivity contribution in [3.05, 3.63) is 38.5 Å². The Bertz CT molecular complexity index is 807. The molecule has 0 aliphatic rings. The van der Waals surface area contributed by atoms with Gasteiger partial charge in [-0.05, 0) is 20.8 Å². The zero-order chi connectivity index (χ0) is 16.4. The maximum absolute atomic E-state index is 12.0. The van der Waals surface area contributed by atoms with Crippen molar-refractivity contribution in [2.75, 3.05) is 5.32 Å². The Labute approximate surface area is 131 Å². The fourth-order valence-electron chi connectivity index (χ4n) is 2.04. The van der Waals surface area contributed by atoms with Gasteiger partial charge in [-0.25, -0.2) is 9.97 Å². The molecule has 22 heavy (non-hydrogen) atoms. The Morgan fingerprint density at radius 2 is 1.95 bits per heavy atom. The van der Waals surface area contributed by atoms with Gasteiger partial charge in [0.1, 0.15) is 12.4 Å². The normalized spacial score (nSPS) is 10.5. The average molecular weight is 320 g/mol. The Morgan fingerprint density at radius 3 is 2.50 bits per heavy atom. The molecule has 0 fully saturated rings. The summed E-state index contributed by atoms with van der Waals surface area (Å²) in [6, 6.07) is 1.38. The van der Waals surface area contributed by atoms with Crippen molar-refractivity contribution in [1.29, 1.82) is 0 Å². The number of nitrogens with one attached hydrogen (secondary N) is 1. The van der Waals surface area contributed by atoms with Crippen LogP contribution in [0.3, 0.4) is 0 Å². The van der Waals surface area contributed by atoms with Crippen molar-refractivity contribution < 1.29 is 9.59 Å². The quantitative estimate of drug-likeness (QED) is 0.861. The van der Waals surface area contributed by atoms with E-state index in [1.165, 1.54) is 17.6 Å². The molecular weight excluding hydrogens is 304 g/mol. The van der Waals surface area contributed by atoms with E-state index in [2.05, 4.69) is 15.3 Å². The number of anilines is 1. The molecule has 2 aromatic rings. The first-order chi connectivity index (χ1) is 10.3. The first-order valence-electron chi connectivity index (χ1n) is 6.61. The molecule has 7 nitrogen and oxygen atoms in total. The predicted octanol–water partition coefficient (Wildman–Crippen LogP) is 1.47. The van der Waals surface area contributed by atoms with E-state index in [9.17, 15) is 14.4 Å². The number of hydrogen-bond donors (Lipinski definition) is 1. The molecule has 2 aromatic heterocycles. The van der Waals surface area contributed by atoms with Gasteiger partial charge in [-0.3, -0.25) is 19.0 Å². The highest BCUT2D eigenvalue weighted by atomic mass is 32.1. The Balaban J connectivity index is 2.16. The van der Waals surface area contributed by atoms with Crippen LogP contribution >= 0.6 is 11.3 Å². The molecule has 0 aromatic carbocycles. The van der Waals surface area contributed by atoms with Crippen LogP contribution in [0.4, 0.5) is 5.13 Å². The topological polar surface area (TPSA) is 94.0 Å². The third-order valence-corrected chi connectivity index (χ3v) is 4.17. The number of hydrogen-bond acceptors (Lipinski definition) is 6. The van der Waals surface area contributed by atoms with E-state index in [4.69, 9.17) is 0 Å². The molecule has 0 spiro atoms. The van der Waals surface area contributed by atoms with Gasteiger partial charge in [-0.15, -0.1) is 0 Å². The molecule has 0 saturated heterocycles. The minimum Gasteiger partial charge on any atom is -0.300 e. The first kappa shape index (κ1) is 16.0. The molecular formula is C14H16N4O3S. The molecule has 0 radical (unpaired) electrons. The Hall–Kier alpha value is -2.35. The number of thiazole rings is 1. The van der Waals surface area contributed by atoms with Crippen molar-refractivity contribution in [3.8, 4) is 0 Å². The van der Waals surface area contributed by atoms with E-state index >= 15 is 0 Å². The SMILES string of the molecule is CC(=O)c1sc(NC(=O)Cn2c(C)nc(C)cc2=O)nc1C. The standard InChI is InChI=1S/C14H16N4O3S/c1-7-5-12(21)18(10(4)15-7)6-11(20)17-14-16-8(2)13(22-14)9(3)19/h5H,6H2,1-4H3,(H,16,17,20). The largest absolute Gasteiger partial charge is 0.300 e. The van der Waals surface area contributed by atoms with Gasteiger partial charge < -0.3 is 5.32 Å². The molecule has 0 atom stereocenters. The molecule has 8 heteroatoms. The van der Waals surface area contributed by atoms with E-state index in [0.717, 1.165) is 11.3 Å². The van der Waals surface area contributed by atoms with Gasteiger partial charge in [-0.1, -0.05) is 11.3 Å². The second kappa shape index (κ2) is 6.18. The van der Waals surface area contributed by atoms with E-state index in [-0.39, 0.29) is 23.8 Å². The number of Topliss-reactive ketones (excluding diaryl/α,β-unsaturated/α-hetero) is 1. The monoisotopic (exact) mass is 320 g/mol. The second-order valence-electron chi connectivity index (χ2n) is 4.91. The van der Waals surface area contributed by atoms with Crippen molar-refractivity contribution in [2.24, 2.45) is 0 Å². The number of carbonyl (C=O) groups is 2. The fraction of sp³-hybridized carbons (Fsp3) is 0.357. The first-order valence-corrected chi connectivity index (χ1v) is 7.43. The molecule has 0 saturated carbocycles. The van der Waals surface area contributed by atoms with Crippen LogP contribution in [0, 0.1) is 20.8 Å². The van der Waals surface area contributed by atoms with Crippen molar-refractivity contribution in [3.63, 3.8) is 0 Å². The molecule has 2 rings (SSSR count). The van der Waals surface area contributed by atoms with E-state index in [1.807, 2.05) is 0 Å². The summed E-state index contributed by atoms with van der Waals surface area (Å²) in [5.41, 5.74) is 0.916. The summed E-state index contributed by atoms with van der Waals surface area (Å²) in [5.74, 6) is -0.00935. The molecule has 0 unspecified atom stereocenters. The number of aryl methyl sites for hydroxylation is 3. The summed E-state index contributed by atoms with van der Waals surface area (Å²) < 4.78 is 1.29. The third kappa shape index (κ3) is 3.45. The summed E-state index contributed by atoms with van der Waals surface area (Å²) in [6.07, 6.45) is 0.